The van der Waals surface area contributed by atoms with E-state index in [0.29, 0.717) is 18.8 Å². The number of hydrogen-bond acceptors (Lipinski definition) is 5. The van der Waals surface area contributed by atoms with E-state index in [-0.39, 0.29) is 12.2 Å². The van der Waals surface area contributed by atoms with Gasteiger partial charge in [-0.05, 0) is 45.7 Å². The number of aromatic nitrogens is 2. The van der Waals surface area contributed by atoms with E-state index < -0.39 is 5.60 Å². The lowest BCUT2D eigenvalue weighted by atomic mass is 10.1. The first-order valence-corrected chi connectivity index (χ1v) is 10.6. The third-order valence-corrected chi connectivity index (χ3v) is 5.05. The third-order valence-electron chi connectivity index (χ3n) is 5.05. The molecule has 31 heavy (non-hydrogen) atoms. The van der Waals surface area contributed by atoms with E-state index >= 15 is 0 Å². The van der Waals surface area contributed by atoms with Crippen molar-refractivity contribution >= 4 is 22.7 Å². The SMILES string of the molecule is CC(C)(C)OC(=O)N1CCCC(ON=C(c2ccccc2)c2cc3ccncc3[nH]2)C1. The summed E-state index contributed by atoms with van der Waals surface area (Å²) in [6.45, 7) is 6.73. The largest absolute Gasteiger partial charge is 0.444 e. The molecule has 1 unspecified atom stereocenters. The van der Waals surface area contributed by atoms with Crippen LogP contribution in [-0.2, 0) is 9.57 Å². The number of nitrogens with zero attached hydrogens (tertiary/aromatic N) is 3. The van der Waals surface area contributed by atoms with Crippen molar-refractivity contribution in [3.8, 4) is 0 Å². The Balaban J connectivity index is 1.55. The van der Waals surface area contributed by atoms with Crippen LogP contribution in [0.15, 0.2) is 60.0 Å². The molecule has 0 aliphatic carbocycles. The first kappa shape index (κ1) is 20.9. The standard InChI is InChI=1S/C24H28N4O3/c1-24(2,3)30-23(29)28-13-7-10-19(16-28)31-27-22(17-8-5-4-6-9-17)20-14-18-11-12-25-15-21(18)26-20/h4-6,8-9,11-12,14-15,19,26H,7,10,13,16H2,1-3H3. The molecule has 1 aliphatic heterocycles. The van der Waals surface area contributed by atoms with Gasteiger partial charge in [-0.25, -0.2) is 4.79 Å². The van der Waals surface area contributed by atoms with Crippen LogP contribution in [0, 0.1) is 0 Å². The van der Waals surface area contributed by atoms with Crippen LogP contribution < -0.4 is 0 Å². The molecule has 0 bridgehead atoms. The van der Waals surface area contributed by atoms with Gasteiger partial charge in [-0.2, -0.15) is 0 Å². The normalized spacial score (nSPS) is 17.6. The van der Waals surface area contributed by atoms with Gasteiger partial charge < -0.3 is 19.5 Å². The lowest BCUT2D eigenvalue weighted by molar-refractivity contribution is -0.0187. The second kappa shape index (κ2) is 8.79. The zero-order chi connectivity index (χ0) is 21.8. The number of piperidine rings is 1. The van der Waals surface area contributed by atoms with E-state index in [9.17, 15) is 4.79 Å². The monoisotopic (exact) mass is 420 g/mol. The van der Waals surface area contributed by atoms with Gasteiger partial charge in [0, 0.05) is 23.7 Å². The minimum atomic E-state index is -0.520. The van der Waals surface area contributed by atoms with E-state index in [4.69, 9.17) is 9.57 Å². The number of benzene rings is 1. The number of carbonyl (C=O) groups excluding carboxylic acids is 1. The summed E-state index contributed by atoms with van der Waals surface area (Å²) in [5.74, 6) is 0. The minimum absolute atomic E-state index is 0.189. The van der Waals surface area contributed by atoms with Crippen molar-refractivity contribution < 1.29 is 14.4 Å². The quantitative estimate of drug-likeness (QED) is 0.489. The average molecular weight is 421 g/mol. The highest BCUT2D eigenvalue weighted by Crippen LogP contribution is 2.20. The summed E-state index contributed by atoms with van der Waals surface area (Å²) >= 11 is 0. The first-order chi connectivity index (χ1) is 14.9. The molecule has 1 atom stereocenters. The molecule has 0 spiro atoms. The molecule has 3 aromatic rings. The highest BCUT2D eigenvalue weighted by Gasteiger charge is 2.29. The number of rotatable bonds is 4. The smallest absolute Gasteiger partial charge is 0.410 e. The summed E-state index contributed by atoms with van der Waals surface area (Å²) in [5, 5.41) is 5.60. The van der Waals surface area contributed by atoms with Gasteiger partial charge in [-0.15, -0.1) is 0 Å². The Bertz CT molecular complexity index is 1040. The number of hydrogen-bond donors (Lipinski definition) is 1. The zero-order valence-electron chi connectivity index (χ0n) is 18.2. The Kier molecular flexibility index (Phi) is 5.93. The van der Waals surface area contributed by atoms with Gasteiger partial charge in [0.1, 0.15) is 17.4 Å². The van der Waals surface area contributed by atoms with Crippen molar-refractivity contribution in [1.29, 1.82) is 0 Å². The molecule has 1 fully saturated rings. The first-order valence-electron chi connectivity index (χ1n) is 10.6. The van der Waals surface area contributed by atoms with Gasteiger partial charge in [0.25, 0.3) is 0 Å². The number of nitrogens with one attached hydrogen (secondary N) is 1. The van der Waals surface area contributed by atoms with Crippen molar-refractivity contribution in [2.45, 2.75) is 45.3 Å². The number of H-pyrrole nitrogens is 1. The maximum atomic E-state index is 12.4. The third kappa shape index (κ3) is 5.23. The molecular weight excluding hydrogens is 392 g/mol. The minimum Gasteiger partial charge on any atom is -0.444 e. The zero-order valence-corrected chi connectivity index (χ0v) is 18.2. The Morgan fingerprint density at radius 3 is 2.77 bits per heavy atom. The van der Waals surface area contributed by atoms with Crippen LogP contribution >= 0.6 is 0 Å². The van der Waals surface area contributed by atoms with Crippen LogP contribution in [-0.4, -0.2) is 51.5 Å². The molecule has 0 saturated carbocycles. The van der Waals surface area contributed by atoms with Crippen LogP contribution in [0.25, 0.3) is 10.9 Å². The predicted octanol–water partition coefficient (Wildman–Crippen LogP) is 4.73. The fourth-order valence-corrected chi connectivity index (χ4v) is 3.60. The lowest BCUT2D eigenvalue weighted by Crippen LogP contribution is -2.45. The predicted molar refractivity (Wildman–Crippen MR) is 120 cm³/mol. The number of amides is 1. The van der Waals surface area contributed by atoms with Gasteiger partial charge in [0.05, 0.1) is 24.0 Å². The topological polar surface area (TPSA) is 79.8 Å². The van der Waals surface area contributed by atoms with Crippen LogP contribution in [0.3, 0.4) is 0 Å². The Labute approximate surface area is 182 Å². The summed E-state index contributed by atoms with van der Waals surface area (Å²) in [6, 6.07) is 13.9. The van der Waals surface area contributed by atoms with Gasteiger partial charge in [0.2, 0.25) is 0 Å². The van der Waals surface area contributed by atoms with Gasteiger partial charge in [-0.3, -0.25) is 4.98 Å². The van der Waals surface area contributed by atoms with Gasteiger partial charge >= 0.3 is 6.09 Å². The summed E-state index contributed by atoms with van der Waals surface area (Å²) in [6.07, 6.45) is 4.74. The number of fused-ring (bicyclic) bond motifs is 1. The molecule has 162 valence electrons. The molecule has 7 heteroatoms. The van der Waals surface area contributed by atoms with Crippen LogP contribution in [0.5, 0.6) is 0 Å². The number of likely N-dealkylation sites (tertiary alicyclic amines) is 1. The molecule has 7 nitrogen and oxygen atoms in total. The molecule has 4 rings (SSSR count). The number of aromatic amines is 1. The maximum Gasteiger partial charge on any atom is 0.410 e. The highest BCUT2D eigenvalue weighted by molar-refractivity contribution is 6.13. The Hall–Kier alpha value is -3.35. The van der Waals surface area contributed by atoms with E-state index in [1.54, 1.807) is 17.3 Å². The summed E-state index contributed by atoms with van der Waals surface area (Å²) in [4.78, 5) is 27.7. The van der Waals surface area contributed by atoms with E-state index in [1.807, 2.05) is 63.2 Å². The molecule has 2 aromatic heterocycles. The van der Waals surface area contributed by atoms with Crippen LogP contribution in [0.1, 0.15) is 44.9 Å². The highest BCUT2D eigenvalue weighted by atomic mass is 16.6. The van der Waals surface area contributed by atoms with E-state index in [0.717, 1.165) is 35.0 Å². The van der Waals surface area contributed by atoms with Crippen molar-refractivity contribution in [2.24, 2.45) is 5.16 Å². The van der Waals surface area contributed by atoms with Crippen molar-refractivity contribution in [3.63, 3.8) is 0 Å². The molecule has 1 saturated heterocycles. The molecule has 1 amide bonds. The van der Waals surface area contributed by atoms with Crippen molar-refractivity contribution in [1.82, 2.24) is 14.9 Å². The summed E-state index contributed by atoms with van der Waals surface area (Å²) in [7, 11) is 0. The van der Waals surface area contributed by atoms with E-state index in [1.165, 1.54) is 0 Å². The van der Waals surface area contributed by atoms with Crippen LogP contribution in [0.2, 0.25) is 0 Å². The van der Waals surface area contributed by atoms with Crippen LogP contribution in [0.4, 0.5) is 4.79 Å². The van der Waals surface area contributed by atoms with Crippen molar-refractivity contribution in [2.75, 3.05) is 13.1 Å². The Morgan fingerprint density at radius 2 is 2.03 bits per heavy atom. The molecule has 0 radical (unpaired) electrons. The second-order valence-corrected chi connectivity index (χ2v) is 8.75. The van der Waals surface area contributed by atoms with Crippen molar-refractivity contribution in [3.05, 3.63) is 66.1 Å². The summed E-state index contributed by atoms with van der Waals surface area (Å²) < 4.78 is 5.51. The second-order valence-electron chi connectivity index (χ2n) is 8.75. The lowest BCUT2D eigenvalue weighted by Gasteiger charge is -2.33. The Morgan fingerprint density at radius 1 is 1.23 bits per heavy atom. The fourth-order valence-electron chi connectivity index (χ4n) is 3.60. The number of oxime groups is 1. The molecule has 1 aliphatic rings. The average Bonchev–Trinajstić information content (AvgIpc) is 3.17. The van der Waals surface area contributed by atoms with Gasteiger partial charge in [-0.1, -0.05) is 35.5 Å². The number of carbonyl (C=O) groups is 1. The van der Waals surface area contributed by atoms with E-state index in [2.05, 4.69) is 15.1 Å². The number of pyridine rings is 1. The molecule has 1 aromatic carbocycles. The molecule has 3 heterocycles. The molecule has 1 N–H and O–H groups in total. The summed E-state index contributed by atoms with van der Waals surface area (Å²) in [5.41, 5.74) is 2.94. The molecular formula is C24H28N4O3. The van der Waals surface area contributed by atoms with Gasteiger partial charge in [0.15, 0.2) is 0 Å². The number of ether oxygens (including phenoxy) is 1. The maximum absolute atomic E-state index is 12.4. The fraction of sp³-hybridized carbons (Fsp3) is 0.375.